The monoisotopic (exact) mass is 266 g/mol. The van der Waals surface area contributed by atoms with Gasteiger partial charge < -0.3 is 4.90 Å². The minimum Gasteiger partial charge on any atom is -0.366 e. The van der Waals surface area contributed by atoms with Gasteiger partial charge in [-0.05, 0) is 30.7 Å². The SMILES string of the molecule is Brc1ccc(N2CCN3CCC2C3)cc1. The van der Waals surface area contributed by atoms with Gasteiger partial charge in [0.25, 0.3) is 0 Å². The number of rotatable bonds is 1. The number of fused-ring (bicyclic) bond motifs is 2. The van der Waals surface area contributed by atoms with Crippen molar-refractivity contribution in [2.75, 3.05) is 31.1 Å². The quantitative estimate of drug-likeness (QED) is 0.770. The number of anilines is 1. The molecular weight excluding hydrogens is 252 g/mol. The first kappa shape index (κ1) is 9.67. The average Bonchev–Trinajstić information content (AvgIpc) is 2.63. The second-order valence-electron chi connectivity index (χ2n) is 4.41. The van der Waals surface area contributed by atoms with Gasteiger partial charge in [0.1, 0.15) is 0 Å². The van der Waals surface area contributed by atoms with Crippen LogP contribution in [0.4, 0.5) is 5.69 Å². The average molecular weight is 267 g/mol. The number of nitrogens with zero attached hydrogens (tertiary/aromatic N) is 2. The van der Waals surface area contributed by atoms with Gasteiger partial charge in [-0.15, -0.1) is 0 Å². The molecule has 1 aromatic rings. The third-order valence-electron chi connectivity index (χ3n) is 3.50. The van der Waals surface area contributed by atoms with E-state index in [2.05, 4.69) is 50.0 Å². The summed E-state index contributed by atoms with van der Waals surface area (Å²) >= 11 is 3.48. The van der Waals surface area contributed by atoms with Crippen LogP contribution in [0.5, 0.6) is 0 Å². The van der Waals surface area contributed by atoms with Gasteiger partial charge in [-0.2, -0.15) is 0 Å². The van der Waals surface area contributed by atoms with Crippen LogP contribution >= 0.6 is 15.9 Å². The Balaban J connectivity index is 1.84. The van der Waals surface area contributed by atoms with Crippen LogP contribution < -0.4 is 4.90 Å². The van der Waals surface area contributed by atoms with Crippen LogP contribution in [-0.4, -0.2) is 37.1 Å². The zero-order chi connectivity index (χ0) is 10.3. The second kappa shape index (κ2) is 3.80. The minimum atomic E-state index is 0.750. The molecule has 2 fully saturated rings. The molecule has 3 heteroatoms. The molecule has 2 heterocycles. The predicted molar refractivity (Wildman–Crippen MR) is 66.3 cm³/mol. The smallest absolute Gasteiger partial charge is 0.0429 e. The summed E-state index contributed by atoms with van der Waals surface area (Å²) in [5.41, 5.74) is 1.38. The molecule has 2 nitrogen and oxygen atoms in total. The molecule has 3 rings (SSSR count). The third-order valence-corrected chi connectivity index (χ3v) is 4.03. The lowest BCUT2D eigenvalue weighted by atomic mass is 10.1. The second-order valence-corrected chi connectivity index (χ2v) is 5.33. The fourth-order valence-electron chi connectivity index (χ4n) is 2.67. The Morgan fingerprint density at radius 3 is 2.67 bits per heavy atom. The number of halogens is 1. The normalized spacial score (nSPS) is 29.5. The van der Waals surface area contributed by atoms with E-state index in [1.807, 2.05) is 0 Å². The molecule has 0 spiro atoms. The summed E-state index contributed by atoms with van der Waals surface area (Å²) in [5, 5.41) is 0. The highest BCUT2D eigenvalue weighted by atomic mass is 79.9. The fourth-order valence-corrected chi connectivity index (χ4v) is 2.94. The first-order valence-electron chi connectivity index (χ1n) is 5.57. The molecule has 0 N–H and O–H groups in total. The van der Waals surface area contributed by atoms with Gasteiger partial charge in [0.2, 0.25) is 0 Å². The molecule has 0 saturated carbocycles. The Labute approximate surface area is 99.0 Å². The summed E-state index contributed by atoms with van der Waals surface area (Å²) in [6.45, 7) is 4.96. The zero-order valence-corrected chi connectivity index (χ0v) is 10.3. The van der Waals surface area contributed by atoms with Crippen molar-refractivity contribution in [2.24, 2.45) is 0 Å². The predicted octanol–water partition coefficient (Wildman–Crippen LogP) is 2.34. The number of piperazine rings is 1. The van der Waals surface area contributed by atoms with Crippen LogP contribution in [0.1, 0.15) is 6.42 Å². The minimum absolute atomic E-state index is 0.750. The van der Waals surface area contributed by atoms with Crippen molar-refractivity contribution >= 4 is 21.6 Å². The summed E-state index contributed by atoms with van der Waals surface area (Å²) in [6, 6.07) is 9.46. The molecule has 1 aromatic carbocycles. The van der Waals surface area contributed by atoms with E-state index in [-0.39, 0.29) is 0 Å². The first-order valence-corrected chi connectivity index (χ1v) is 6.37. The molecule has 0 aromatic heterocycles. The van der Waals surface area contributed by atoms with E-state index < -0.39 is 0 Å². The fraction of sp³-hybridized carbons (Fsp3) is 0.500. The molecule has 2 aliphatic rings. The Kier molecular flexibility index (Phi) is 2.45. The molecule has 0 aliphatic carbocycles. The van der Waals surface area contributed by atoms with Crippen LogP contribution in [-0.2, 0) is 0 Å². The summed E-state index contributed by atoms with van der Waals surface area (Å²) in [4.78, 5) is 5.13. The van der Waals surface area contributed by atoms with E-state index in [1.54, 1.807) is 0 Å². The molecule has 2 bridgehead atoms. The molecule has 2 aliphatic heterocycles. The van der Waals surface area contributed by atoms with E-state index in [0.717, 1.165) is 10.5 Å². The van der Waals surface area contributed by atoms with Crippen LogP contribution in [0.2, 0.25) is 0 Å². The molecule has 2 unspecified atom stereocenters. The summed E-state index contributed by atoms with van der Waals surface area (Å²) < 4.78 is 1.16. The van der Waals surface area contributed by atoms with E-state index in [1.165, 1.54) is 38.3 Å². The Morgan fingerprint density at radius 2 is 1.87 bits per heavy atom. The van der Waals surface area contributed by atoms with Gasteiger partial charge in [-0.1, -0.05) is 15.9 Å². The Hall–Kier alpha value is -0.540. The highest BCUT2D eigenvalue weighted by molar-refractivity contribution is 9.10. The highest BCUT2D eigenvalue weighted by Crippen LogP contribution is 2.27. The van der Waals surface area contributed by atoms with Crippen LogP contribution in [0.15, 0.2) is 28.7 Å². The summed E-state index contributed by atoms with van der Waals surface area (Å²) in [7, 11) is 0. The third kappa shape index (κ3) is 1.79. The standard InChI is InChI=1S/C12H15BrN2/c13-10-1-3-11(4-2-10)15-8-7-14-6-5-12(15)9-14/h1-4,12H,5-9H2. The number of benzene rings is 1. The maximum atomic E-state index is 3.48. The topological polar surface area (TPSA) is 6.48 Å². The van der Waals surface area contributed by atoms with Crippen molar-refractivity contribution in [3.63, 3.8) is 0 Å². The lowest BCUT2D eigenvalue weighted by Gasteiger charge is -2.36. The van der Waals surface area contributed by atoms with Crippen molar-refractivity contribution in [3.05, 3.63) is 28.7 Å². The van der Waals surface area contributed by atoms with Crippen molar-refractivity contribution in [1.29, 1.82) is 0 Å². The lowest BCUT2D eigenvalue weighted by molar-refractivity contribution is 0.311. The molecule has 2 atom stereocenters. The van der Waals surface area contributed by atoms with E-state index in [9.17, 15) is 0 Å². The summed E-state index contributed by atoms with van der Waals surface area (Å²) in [5.74, 6) is 0. The molecule has 0 radical (unpaired) electrons. The summed E-state index contributed by atoms with van der Waals surface area (Å²) in [6.07, 6.45) is 1.33. The van der Waals surface area contributed by atoms with Gasteiger partial charge in [-0.3, -0.25) is 4.90 Å². The van der Waals surface area contributed by atoms with Crippen molar-refractivity contribution in [2.45, 2.75) is 12.5 Å². The van der Waals surface area contributed by atoms with Gasteiger partial charge in [0.05, 0.1) is 0 Å². The molecule has 80 valence electrons. The van der Waals surface area contributed by atoms with Gasteiger partial charge in [0.15, 0.2) is 0 Å². The van der Waals surface area contributed by atoms with Gasteiger partial charge in [-0.25, -0.2) is 0 Å². The van der Waals surface area contributed by atoms with E-state index in [0.29, 0.717) is 0 Å². The number of hydrogen-bond acceptors (Lipinski definition) is 2. The first-order chi connectivity index (χ1) is 7.33. The van der Waals surface area contributed by atoms with Crippen molar-refractivity contribution in [1.82, 2.24) is 4.90 Å². The molecule has 0 amide bonds. The Bertz CT molecular complexity index is 349. The van der Waals surface area contributed by atoms with E-state index >= 15 is 0 Å². The van der Waals surface area contributed by atoms with Gasteiger partial charge >= 0.3 is 0 Å². The maximum Gasteiger partial charge on any atom is 0.0429 e. The van der Waals surface area contributed by atoms with Crippen LogP contribution in [0.25, 0.3) is 0 Å². The van der Waals surface area contributed by atoms with Crippen LogP contribution in [0, 0.1) is 0 Å². The maximum absolute atomic E-state index is 3.48. The largest absolute Gasteiger partial charge is 0.366 e. The van der Waals surface area contributed by atoms with Crippen molar-refractivity contribution < 1.29 is 0 Å². The zero-order valence-electron chi connectivity index (χ0n) is 8.69. The lowest BCUT2D eigenvalue weighted by Crippen LogP contribution is -2.46. The van der Waals surface area contributed by atoms with Crippen LogP contribution in [0.3, 0.4) is 0 Å². The van der Waals surface area contributed by atoms with E-state index in [4.69, 9.17) is 0 Å². The highest BCUT2D eigenvalue weighted by Gasteiger charge is 2.32. The Morgan fingerprint density at radius 1 is 1.07 bits per heavy atom. The van der Waals surface area contributed by atoms with Gasteiger partial charge in [0, 0.05) is 42.4 Å². The number of hydrogen-bond donors (Lipinski definition) is 0. The molecule has 2 saturated heterocycles. The molecule has 15 heavy (non-hydrogen) atoms. The molecular formula is C12H15BrN2. The van der Waals surface area contributed by atoms with Crippen molar-refractivity contribution in [3.8, 4) is 0 Å².